The molecule has 0 spiro atoms. The molecule has 22 heavy (non-hydrogen) atoms. The average molecular weight is 294 g/mol. The molecule has 2 heteroatoms. The average Bonchev–Trinajstić information content (AvgIpc) is 3.21. The first kappa shape index (κ1) is 15.1. The van der Waals surface area contributed by atoms with Crippen LogP contribution in [0, 0.1) is 11.3 Å². The highest BCUT2D eigenvalue weighted by molar-refractivity contribution is 6.00. The zero-order valence-electron chi connectivity index (χ0n) is 13.7. The van der Waals surface area contributed by atoms with E-state index in [2.05, 4.69) is 44.2 Å². The third-order valence-corrected chi connectivity index (χ3v) is 5.02. The molecule has 1 heterocycles. The number of benzene rings is 1. The van der Waals surface area contributed by atoms with Gasteiger partial charge in [-0.15, -0.1) is 0 Å². The molecule has 1 aromatic carbocycles. The fourth-order valence-electron chi connectivity index (χ4n) is 3.64. The van der Waals surface area contributed by atoms with E-state index in [4.69, 9.17) is 5.10 Å². The van der Waals surface area contributed by atoms with Crippen molar-refractivity contribution in [1.29, 1.82) is 0 Å². The summed E-state index contributed by atoms with van der Waals surface area (Å²) in [7, 11) is 0. The van der Waals surface area contributed by atoms with E-state index in [1.54, 1.807) is 0 Å². The van der Waals surface area contributed by atoms with E-state index in [1.807, 2.05) is 29.2 Å². The largest absolute Gasteiger partial charge is 0.248 e. The Labute approximate surface area is 133 Å². The number of aromatic nitrogens is 1. The Morgan fingerprint density at radius 3 is 2.32 bits per heavy atom. The SMILES string of the molecule is CC(C)(C/C(=N/n1cccc1)c1ccccc1)C1CCCC1. The van der Waals surface area contributed by atoms with Gasteiger partial charge in [0, 0.05) is 12.4 Å². The van der Waals surface area contributed by atoms with Crippen molar-refractivity contribution in [2.75, 3.05) is 0 Å². The summed E-state index contributed by atoms with van der Waals surface area (Å²) < 4.78 is 1.92. The smallest absolute Gasteiger partial charge is 0.0691 e. The molecule has 1 fully saturated rings. The first-order valence-electron chi connectivity index (χ1n) is 8.41. The molecule has 0 unspecified atom stereocenters. The molecule has 2 nitrogen and oxygen atoms in total. The summed E-state index contributed by atoms with van der Waals surface area (Å²) in [4.78, 5) is 0. The highest BCUT2D eigenvalue weighted by Gasteiger charge is 2.33. The molecule has 2 aromatic rings. The van der Waals surface area contributed by atoms with Gasteiger partial charge < -0.3 is 0 Å². The van der Waals surface area contributed by atoms with E-state index in [-0.39, 0.29) is 0 Å². The molecule has 0 saturated heterocycles. The van der Waals surface area contributed by atoms with Crippen molar-refractivity contribution in [1.82, 2.24) is 4.68 Å². The van der Waals surface area contributed by atoms with Gasteiger partial charge in [-0.05, 0) is 48.3 Å². The lowest BCUT2D eigenvalue weighted by molar-refractivity contribution is 0.227. The second-order valence-corrected chi connectivity index (χ2v) is 7.12. The van der Waals surface area contributed by atoms with E-state index < -0.39 is 0 Å². The molecular formula is C20H26N2. The standard InChI is InChI=1S/C20H26N2/c1-20(2,18-12-6-7-13-18)16-19(17-10-4-3-5-11-17)21-22-14-8-9-15-22/h3-5,8-11,14-15,18H,6-7,12-13,16H2,1-2H3/b21-19-. The predicted octanol–water partition coefficient (Wildman–Crippen LogP) is 5.35. The van der Waals surface area contributed by atoms with Crippen molar-refractivity contribution in [3.8, 4) is 0 Å². The number of rotatable bonds is 5. The predicted molar refractivity (Wildman–Crippen MR) is 93.2 cm³/mol. The molecular weight excluding hydrogens is 268 g/mol. The van der Waals surface area contributed by atoms with Crippen LogP contribution in [0.5, 0.6) is 0 Å². The second kappa shape index (κ2) is 6.51. The van der Waals surface area contributed by atoms with Gasteiger partial charge in [-0.3, -0.25) is 0 Å². The third kappa shape index (κ3) is 3.49. The van der Waals surface area contributed by atoms with Gasteiger partial charge in [0.25, 0.3) is 0 Å². The number of nitrogens with zero attached hydrogens (tertiary/aromatic N) is 2. The number of hydrogen-bond donors (Lipinski definition) is 0. The van der Waals surface area contributed by atoms with E-state index in [0.717, 1.165) is 12.3 Å². The van der Waals surface area contributed by atoms with Crippen molar-refractivity contribution >= 4 is 5.71 Å². The zero-order valence-corrected chi connectivity index (χ0v) is 13.7. The molecule has 3 rings (SSSR count). The van der Waals surface area contributed by atoms with Crippen LogP contribution in [0.15, 0.2) is 60.0 Å². The summed E-state index contributed by atoms with van der Waals surface area (Å²) in [6.45, 7) is 4.83. The van der Waals surface area contributed by atoms with Gasteiger partial charge in [0.05, 0.1) is 5.71 Å². The maximum Gasteiger partial charge on any atom is 0.0691 e. The Kier molecular flexibility index (Phi) is 4.47. The van der Waals surface area contributed by atoms with Gasteiger partial charge in [-0.1, -0.05) is 57.0 Å². The maximum absolute atomic E-state index is 4.88. The summed E-state index contributed by atoms with van der Waals surface area (Å²) in [5.74, 6) is 0.825. The zero-order chi connectivity index (χ0) is 15.4. The van der Waals surface area contributed by atoms with Crippen LogP contribution < -0.4 is 0 Å². The van der Waals surface area contributed by atoms with Crippen molar-refractivity contribution in [2.24, 2.45) is 16.4 Å². The van der Waals surface area contributed by atoms with Crippen molar-refractivity contribution in [3.63, 3.8) is 0 Å². The van der Waals surface area contributed by atoms with Crippen LogP contribution in [0.25, 0.3) is 0 Å². The highest BCUT2D eigenvalue weighted by Crippen LogP contribution is 2.42. The third-order valence-electron chi connectivity index (χ3n) is 5.02. The highest BCUT2D eigenvalue weighted by atomic mass is 15.3. The molecule has 0 amide bonds. The van der Waals surface area contributed by atoms with Crippen LogP contribution in [0.2, 0.25) is 0 Å². The number of hydrogen-bond acceptors (Lipinski definition) is 1. The first-order chi connectivity index (χ1) is 10.6. The Bertz CT molecular complexity index is 602. The topological polar surface area (TPSA) is 17.3 Å². The van der Waals surface area contributed by atoms with Gasteiger partial charge >= 0.3 is 0 Å². The summed E-state index contributed by atoms with van der Waals surface area (Å²) >= 11 is 0. The van der Waals surface area contributed by atoms with Gasteiger partial charge in [0.15, 0.2) is 0 Å². The Balaban J connectivity index is 1.89. The minimum absolute atomic E-state index is 0.304. The Morgan fingerprint density at radius 2 is 1.68 bits per heavy atom. The monoisotopic (exact) mass is 294 g/mol. The molecule has 1 aliphatic carbocycles. The van der Waals surface area contributed by atoms with Crippen LogP contribution in [0.1, 0.15) is 51.5 Å². The van der Waals surface area contributed by atoms with Crippen molar-refractivity contribution in [2.45, 2.75) is 46.0 Å². The minimum atomic E-state index is 0.304. The van der Waals surface area contributed by atoms with E-state index in [9.17, 15) is 0 Å². The Morgan fingerprint density at radius 1 is 1.05 bits per heavy atom. The molecule has 0 N–H and O–H groups in total. The second-order valence-electron chi connectivity index (χ2n) is 7.12. The fraction of sp³-hybridized carbons (Fsp3) is 0.450. The molecule has 1 aromatic heterocycles. The molecule has 0 aliphatic heterocycles. The summed E-state index contributed by atoms with van der Waals surface area (Å²) in [5.41, 5.74) is 2.73. The van der Waals surface area contributed by atoms with Crippen LogP contribution in [0.3, 0.4) is 0 Å². The van der Waals surface area contributed by atoms with Crippen molar-refractivity contribution in [3.05, 3.63) is 60.4 Å². The molecule has 116 valence electrons. The van der Waals surface area contributed by atoms with Crippen LogP contribution in [-0.2, 0) is 0 Å². The van der Waals surface area contributed by atoms with Gasteiger partial charge in [0.2, 0.25) is 0 Å². The summed E-state index contributed by atoms with van der Waals surface area (Å²) in [6.07, 6.45) is 10.6. The molecule has 1 saturated carbocycles. The lowest BCUT2D eigenvalue weighted by Crippen LogP contribution is -2.26. The van der Waals surface area contributed by atoms with Crippen molar-refractivity contribution < 1.29 is 0 Å². The molecule has 0 radical (unpaired) electrons. The quantitative estimate of drug-likeness (QED) is 0.662. The van der Waals surface area contributed by atoms with E-state index in [1.165, 1.54) is 37.0 Å². The van der Waals surface area contributed by atoms with Gasteiger partial charge in [-0.2, -0.15) is 5.10 Å². The summed E-state index contributed by atoms with van der Waals surface area (Å²) in [6, 6.07) is 14.7. The van der Waals surface area contributed by atoms with Crippen LogP contribution >= 0.6 is 0 Å². The lowest BCUT2D eigenvalue weighted by Gasteiger charge is -2.32. The summed E-state index contributed by atoms with van der Waals surface area (Å²) in [5, 5.41) is 4.88. The normalized spacial score (nSPS) is 17.1. The van der Waals surface area contributed by atoms with Crippen LogP contribution in [-0.4, -0.2) is 10.4 Å². The fourth-order valence-corrected chi connectivity index (χ4v) is 3.64. The maximum atomic E-state index is 4.88. The Hall–Kier alpha value is -1.83. The van der Waals surface area contributed by atoms with Gasteiger partial charge in [0.1, 0.15) is 0 Å². The van der Waals surface area contributed by atoms with E-state index in [0.29, 0.717) is 5.41 Å². The molecule has 1 aliphatic rings. The van der Waals surface area contributed by atoms with Gasteiger partial charge in [-0.25, -0.2) is 4.68 Å². The first-order valence-corrected chi connectivity index (χ1v) is 8.41. The molecule has 0 bridgehead atoms. The minimum Gasteiger partial charge on any atom is -0.248 e. The lowest BCUT2D eigenvalue weighted by atomic mass is 9.73. The van der Waals surface area contributed by atoms with Crippen LogP contribution in [0.4, 0.5) is 0 Å². The molecule has 0 atom stereocenters. The van der Waals surface area contributed by atoms with E-state index >= 15 is 0 Å².